The SMILES string of the molecule is CC.CC(C)(C)n1nc(C2CC(F)C(OC=O)C2)cc1Nc1ncc(Br)c2nccn12.CCC. The van der Waals surface area contributed by atoms with Crippen molar-refractivity contribution in [2.45, 2.75) is 91.5 Å². The highest BCUT2D eigenvalue weighted by molar-refractivity contribution is 9.10. The zero-order valence-corrected chi connectivity index (χ0v) is 22.6. The van der Waals surface area contributed by atoms with Crippen LogP contribution in [0.2, 0.25) is 0 Å². The number of ether oxygens (including phenoxy) is 1. The summed E-state index contributed by atoms with van der Waals surface area (Å²) in [7, 11) is 0. The van der Waals surface area contributed by atoms with Crippen LogP contribution in [-0.2, 0) is 15.1 Å². The van der Waals surface area contributed by atoms with Gasteiger partial charge in [-0.2, -0.15) is 5.10 Å². The minimum Gasteiger partial charge on any atom is -0.461 e. The second-order valence-electron chi connectivity index (χ2n) is 8.87. The van der Waals surface area contributed by atoms with Crippen LogP contribution in [-0.4, -0.2) is 42.9 Å². The van der Waals surface area contributed by atoms with E-state index in [9.17, 15) is 9.18 Å². The first kappa shape index (κ1) is 27.8. The Hall–Kier alpha value is -2.49. The Morgan fingerprint density at radius 2 is 1.94 bits per heavy atom. The molecule has 0 bridgehead atoms. The summed E-state index contributed by atoms with van der Waals surface area (Å²) >= 11 is 3.45. The second kappa shape index (κ2) is 12.3. The molecule has 188 valence electrons. The molecular weight excluding hydrogens is 503 g/mol. The maximum absolute atomic E-state index is 14.2. The summed E-state index contributed by atoms with van der Waals surface area (Å²) in [4.78, 5) is 19.4. The number of anilines is 2. The zero-order valence-electron chi connectivity index (χ0n) is 21.0. The molecule has 3 aromatic heterocycles. The molecule has 0 amide bonds. The molecule has 0 aromatic carbocycles. The van der Waals surface area contributed by atoms with E-state index >= 15 is 0 Å². The molecule has 3 heterocycles. The van der Waals surface area contributed by atoms with Gasteiger partial charge in [0.05, 0.1) is 15.7 Å². The van der Waals surface area contributed by atoms with Gasteiger partial charge in [0, 0.05) is 30.6 Å². The first-order valence-electron chi connectivity index (χ1n) is 11.8. The average molecular weight is 539 g/mol. The number of imidazole rings is 1. The Morgan fingerprint density at radius 1 is 1.26 bits per heavy atom. The van der Waals surface area contributed by atoms with Crippen LogP contribution in [0.25, 0.3) is 5.65 Å². The number of hydrogen-bond donors (Lipinski definition) is 1. The molecule has 0 saturated heterocycles. The third kappa shape index (κ3) is 6.34. The van der Waals surface area contributed by atoms with Crippen molar-refractivity contribution in [3.63, 3.8) is 0 Å². The molecule has 0 radical (unpaired) electrons. The number of nitrogens with zero attached hydrogens (tertiary/aromatic N) is 5. The molecular formula is C24H36BrFN6O2. The van der Waals surface area contributed by atoms with Gasteiger partial charge in [-0.3, -0.25) is 9.20 Å². The van der Waals surface area contributed by atoms with Gasteiger partial charge in [0.1, 0.15) is 18.1 Å². The third-order valence-corrected chi connectivity index (χ3v) is 5.62. The molecule has 3 aromatic rings. The van der Waals surface area contributed by atoms with E-state index in [2.05, 4.69) is 45.1 Å². The lowest BCUT2D eigenvalue weighted by Crippen LogP contribution is -2.25. The third-order valence-electron chi connectivity index (χ3n) is 5.06. The van der Waals surface area contributed by atoms with Crippen molar-refractivity contribution in [3.05, 3.63) is 34.8 Å². The molecule has 0 aliphatic heterocycles. The summed E-state index contributed by atoms with van der Waals surface area (Å²) in [6, 6.07) is 1.92. The van der Waals surface area contributed by atoms with Crippen molar-refractivity contribution in [2.75, 3.05) is 5.32 Å². The maximum Gasteiger partial charge on any atom is 0.293 e. The highest BCUT2D eigenvalue weighted by atomic mass is 79.9. The van der Waals surface area contributed by atoms with Crippen LogP contribution in [0.3, 0.4) is 0 Å². The van der Waals surface area contributed by atoms with Crippen LogP contribution >= 0.6 is 15.9 Å². The number of hydrogen-bond acceptors (Lipinski definition) is 6. The van der Waals surface area contributed by atoms with Crippen molar-refractivity contribution in [2.24, 2.45) is 0 Å². The van der Waals surface area contributed by atoms with Gasteiger partial charge in [0.25, 0.3) is 6.47 Å². The van der Waals surface area contributed by atoms with Crippen LogP contribution in [0.1, 0.15) is 79.3 Å². The summed E-state index contributed by atoms with van der Waals surface area (Å²) in [6.07, 6.45) is 5.26. The van der Waals surface area contributed by atoms with Gasteiger partial charge in [0.2, 0.25) is 5.95 Å². The van der Waals surface area contributed by atoms with Gasteiger partial charge < -0.3 is 10.1 Å². The van der Waals surface area contributed by atoms with E-state index in [0.29, 0.717) is 18.8 Å². The lowest BCUT2D eigenvalue weighted by molar-refractivity contribution is -0.135. The fraction of sp³-hybridized carbons (Fsp3) is 0.583. The molecule has 1 aliphatic carbocycles. The molecule has 3 unspecified atom stereocenters. The summed E-state index contributed by atoms with van der Waals surface area (Å²) in [5.74, 6) is 1.22. The van der Waals surface area contributed by atoms with Gasteiger partial charge in [-0.15, -0.1) is 0 Å². The van der Waals surface area contributed by atoms with Gasteiger partial charge >= 0.3 is 0 Å². The molecule has 3 atom stereocenters. The first-order valence-corrected chi connectivity index (χ1v) is 12.6. The van der Waals surface area contributed by atoms with Crippen LogP contribution in [0.15, 0.2) is 29.1 Å². The fourth-order valence-corrected chi connectivity index (χ4v) is 4.09. The monoisotopic (exact) mass is 538 g/mol. The lowest BCUT2D eigenvalue weighted by Gasteiger charge is -2.22. The molecule has 1 aliphatic rings. The van der Waals surface area contributed by atoms with E-state index in [4.69, 9.17) is 9.84 Å². The van der Waals surface area contributed by atoms with E-state index in [1.165, 1.54) is 6.42 Å². The maximum atomic E-state index is 14.2. The van der Waals surface area contributed by atoms with E-state index in [1.54, 1.807) is 12.4 Å². The number of fused-ring (bicyclic) bond motifs is 1. The molecule has 1 fully saturated rings. The van der Waals surface area contributed by atoms with Crippen molar-refractivity contribution < 1.29 is 13.9 Å². The zero-order chi connectivity index (χ0) is 25.5. The summed E-state index contributed by atoms with van der Waals surface area (Å²) in [5.41, 5.74) is 1.20. The van der Waals surface area contributed by atoms with Gasteiger partial charge in [-0.05, 0) is 49.5 Å². The normalized spacial score (nSPS) is 19.6. The quantitative estimate of drug-likeness (QED) is 0.379. The van der Waals surface area contributed by atoms with E-state index in [0.717, 1.165) is 21.6 Å². The fourth-order valence-electron chi connectivity index (χ4n) is 3.70. The summed E-state index contributed by atoms with van der Waals surface area (Å²) in [6.45, 7) is 14.7. The molecule has 1 saturated carbocycles. The Bertz CT molecular complexity index is 1060. The Morgan fingerprint density at radius 3 is 2.56 bits per heavy atom. The number of carbonyl (C=O) groups excluding carboxylic acids is 1. The number of aromatic nitrogens is 5. The summed E-state index contributed by atoms with van der Waals surface area (Å²) < 4.78 is 23.6. The average Bonchev–Trinajstić information content (AvgIpc) is 3.51. The Balaban J connectivity index is 0.000000758. The molecule has 10 heteroatoms. The minimum absolute atomic E-state index is 0.120. The van der Waals surface area contributed by atoms with Crippen molar-refractivity contribution >= 4 is 39.8 Å². The largest absolute Gasteiger partial charge is 0.461 e. The van der Waals surface area contributed by atoms with Crippen LogP contribution < -0.4 is 5.32 Å². The van der Waals surface area contributed by atoms with Crippen LogP contribution in [0.5, 0.6) is 0 Å². The first-order chi connectivity index (χ1) is 16.2. The molecule has 0 spiro atoms. The van der Waals surface area contributed by atoms with Crippen molar-refractivity contribution in [1.82, 2.24) is 24.1 Å². The van der Waals surface area contributed by atoms with Gasteiger partial charge in [0.15, 0.2) is 5.65 Å². The van der Waals surface area contributed by atoms with E-state index in [-0.39, 0.29) is 17.9 Å². The highest BCUT2D eigenvalue weighted by Crippen LogP contribution is 2.39. The van der Waals surface area contributed by atoms with Crippen LogP contribution in [0.4, 0.5) is 16.2 Å². The highest BCUT2D eigenvalue weighted by Gasteiger charge is 2.38. The number of carbonyl (C=O) groups is 1. The van der Waals surface area contributed by atoms with Crippen molar-refractivity contribution in [3.8, 4) is 0 Å². The second-order valence-corrected chi connectivity index (χ2v) is 9.73. The standard InChI is InChI=1S/C19H22BrFN6O2.C3H8.C2H6/c1-19(2,3)27-16(24-18-23-9-12(20)17-22-4-5-26(17)18)8-14(25-27)11-6-13(21)15(7-11)29-10-28;1-3-2;1-2/h4-5,8-11,13,15H,6-7H2,1-3H3,(H,23,24);3H2,1-2H3;1-2H3. The molecule has 1 N–H and O–H groups in total. The molecule has 34 heavy (non-hydrogen) atoms. The predicted molar refractivity (Wildman–Crippen MR) is 136 cm³/mol. The number of halogens is 2. The van der Waals surface area contributed by atoms with E-state index < -0.39 is 12.3 Å². The number of alkyl halides is 1. The van der Waals surface area contributed by atoms with E-state index in [1.807, 2.05) is 56.0 Å². The van der Waals surface area contributed by atoms with Gasteiger partial charge in [-0.25, -0.2) is 19.0 Å². The molecule has 8 nitrogen and oxygen atoms in total. The van der Waals surface area contributed by atoms with Crippen LogP contribution in [0, 0.1) is 0 Å². The number of rotatable bonds is 5. The molecule has 4 rings (SSSR count). The summed E-state index contributed by atoms with van der Waals surface area (Å²) in [5, 5.41) is 8.09. The lowest BCUT2D eigenvalue weighted by atomic mass is 10.0. The Kier molecular flexibility index (Phi) is 10.0. The Labute approximate surface area is 209 Å². The topological polar surface area (TPSA) is 86.3 Å². The predicted octanol–water partition coefficient (Wildman–Crippen LogP) is 6.39. The smallest absolute Gasteiger partial charge is 0.293 e. The minimum atomic E-state index is -1.18. The number of nitrogens with one attached hydrogen (secondary N) is 1. The van der Waals surface area contributed by atoms with Gasteiger partial charge in [-0.1, -0.05) is 34.1 Å². The van der Waals surface area contributed by atoms with Crippen molar-refractivity contribution in [1.29, 1.82) is 0 Å².